The lowest BCUT2D eigenvalue weighted by Crippen LogP contribution is -2.40. The molecule has 0 aliphatic heterocycles. The summed E-state index contributed by atoms with van der Waals surface area (Å²) in [5.41, 5.74) is 6.83. The fourth-order valence-electron chi connectivity index (χ4n) is 3.39. The minimum absolute atomic E-state index is 0.153. The SMILES string of the molecule is CCC1CCC(CN)(C(O)c2ccc(OC)cc2)CC1. The number of hydrogen-bond acceptors (Lipinski definition) is 3. The molecule has 1 unspecified atom stereocenters. The van der Waals surface area contributed by atoms with Gasteiger partial charge in [0.1, 0.15) is 5.75 Å². The molecule has 0 saturated heterocycles. The summed E-state index contributed by atoms with van der Waals surface area (Å²) in [4.78, 5) is 0. The van der Waals surface area contributed by atoms with Crippen LogP contribution >= 0.6 is 0 Å². The van der Waals surface area contributed by atoms with Gasteiger partial charge in [-0.15, -0.1) is 0 Å². The fraction of sp³-hybridized carbons (Fsp3) is 0.647. The average molecular weight is 277 g/mol. The molecule has 0 bridgehead atoms. The highest BCUT2D eigenvalue weighted by atomic mass is 16.5. The smallest absolute Gasteiger partial charge is 0.118 e. The number of hydrogen-bond donors (Lipinski definition) is 2. The van der Waals surface area contributed by atoms with E-state index in [0.29, 0.717) is 6.54 Å². The minimum atomic E-state index is -0.476. The first kappa shape index (κ1) is 15.3. The average Bonchev–Trinajstić information content (AvgIpc) is 2.54. The predicted molar refractivity (Wildman–Crippen MR) is 81.7 cm³/mol. The lowest BCUT2D eigenvalue weighted by Gasteiger charge is -2.43. The van der Waals surface area contributed by atoms with E-state index in [1.54, 1.807) is 7.11 Å². The topological polar surface area (TPSA) is 55.5 Å². The number of ether oxygens (including phenoxy) is 1. The van der Waals surface area contributed by atoms with Crippen molar-refractivity contribution in [3.05, 3.63) is 29.8 Å². The van der Waals surface area contributed by atoms with Crippen LogP contribution in [0.2, 0.25) is 0 Å². The maximum absolute atomic E-state index is 10.8. The molecule has 1 saturated carbocycles. The van der Waals surface area contributed by atoms with Crippen LogP contribution in [0.15, 0.2) is 24.3 Å². The van der Waals surface area contributed by atoms with Crippen LogP contribution in [0.1, 0.15) is 50.7 Å². The molecule has 2 rings (SSSR count). The first-order valence-electron chi connectivity index (χ1n) is 7.67. The standard InChI is InChI=1S/C17H27NO2/c1-3-13-8-10-17(12-18,11-9-13)16(19)14-4-6-15(20-2)7-5-14/h4-7,13,16,19H,3,8-12,18H2,1-2H3. The van der Waals surface area contributed by atoms with E-state index in [1.165, 1.54) is 19.3 Å². The van der Waals surface area contributed by atoms with Crippen molar-refractivity contribution < 1.29 is 9.84 Å². The zero-order valence-electron chi connectivity index (χ0n) is 12.6. The van der Waals surface area contributed by atoms with Gasteiger partial charge in [-0.3, -0.25) is 0 Å². The first-order valence-corrected chi connectivity index (χ1v) is 7.67. The van der Waals surface area contributed by atoms with Gasteiger partial charge in [0.05, 0.1) is 13.2 Å². The summed E-state index contributed by atoms with van der Waals surface area (Å²) < 4.78 is 5.17. The Kier molecular flexibility index (Phi) is 5.06. The Labute approximate surface area is 122 Å². The number of nitrogens with two attached hydrogens (primary N) is 1. The van der Waals surface area contributed by atoms with Gasteiger partial charge in [-0.1, -0.05) is 25.5 Å². The Bertz CT molecular complexity index is 408. The van der Waals surface area contributed by atoms with Crippen LogP contribution in [0.5, 0.6) is 5.75 Å². The van der Waals surface area contributed by atoms with Gasteiger partial charge in [0.2, 0.25) is 0 Å². The van der Waals surface area contributed by atoms with Crippen molar-refractivity contribution in [2.75, 3.05) is 13.7 Å². The highest BCUT2D eigenvalue weighted by Gasteiger charge is 2.40. The summed E-state index contributed by atoms with van der Waals surface area (Å²) in [5.74, 6) is 1.62. The first-order chi connectivity index (χ1) is 9.65. The molecule has 20 heavy (non-hydrogen) atoms. The van der Waals surface area contributed by atoms with E-state index in [9.17, 15) is 5.11 Å². The lowest BCUT2D eigenvalue weighted by molar-refractivity contribution is -0.0103. The molecule has 0 amide bonds. The number of aliphatic hydroxyl groups is 1. The van der Waals surface area contributed by atoms with Crippen molar-refractivity contribution >= 4 is 0 Å². The molecule has 1 atom stereocenters. The van der Waals surface area contributed by atoms with E-state index in [0.717, 1.165) is 30.1 Å². The Balaban J connectivity index is 2.13. The Morgan fingerprint density at radius 3 is 2.35 bits per heavy atom. The maximum atomic E-state index is 10.8. The van der Waals surface area contributed by atoms with Gasteiger partial charge < -0.3 is 15.6 Å². The van der Waals surface area contributed by atoms with Gasteiger partial charge in [0.25, 0.3) is 0 Å². The number of benzene rings is 1. The van der Waals surface area contributed by atoms with Crippen molar-refractivity contribution in [2.45, 2.75) is 45.1 Å². The summed E-state index contributed by atoms with van der Waals surface area (Å²) in [5, 5.41) is 10.8. The molecule has 112 valence electrons. The van der Waals surface area contributed by atoms with Crippen molar-refractivity contribution in [1.29, 1.82) is 0 Å². The third kappa shape index (κ3) is 2.99. The van der Waals surface area contributed by atoms with Crippen LogP contribution in [0.4, 0.5) is 0 Å². The molecule has 1 aliphatic rings. The molecule has 1 aromatic rings. The zero-order chi connectivity index (χ0) is 14.6. The van der Waals surface area contributed by atoms with E-state index < -0.39 is 6.10 Å². The Morgan fingerprint density at radius 1 is 1.30 bits per heavy atom. The van der Waals surface area contributed by atoms with Crippen LogP contribution < -0.4 is 10.5 Å². The highest BCUT2D eigenvalue weighted by molar-refractivity contribution is 5.29. The van der Waals surface area contributed by atoms with Gasteiger partial charge in [-0.2, -0.15) is 0 Å². The molecular formula is C17H27NO2. The summed E-state index contributed by atoms with van der Waals surface area (Å²) in [6.45, 7) is 2.80. The maximum Gasteiger partial charge on any atom is 0.118 e. The molecule has 0 aromatic heterocycles. The molecule has 1 aromatic carbocycles. The second-order valence-corrected chi connectivity index (χ2v) is 6.09. The second kappa shape index (κ2) is 6.59. The summed E-state index contributed by atoms with van der Waals surface area (Å²) in [7, 11) is 1.65. The van der Waals surface area contributed by atoms with Gasteiger partial charge in [-0.05, 0) is 49.3 Å². The lowest BCUT2D eigenvalue weighted by atomic mass is 9.65. The largest absolute Gasteiger partial charge is 0.497 e. The molecule has 1 aliphatic carbocycles. The Hall–Kier alpha value is -1.06. The molecule has 0 radical (unpaired) electrons. The van der Waals surface area contributed by atoms with Crippen molar-refractivity contribution in [2.24, 2.45) is 17.1 Å². The van der Waals surface area contributed by atoms with Crippen molar-refractivity contribution in [3.8, 4) is 5.75 Å². The Morgan fingerprint density at radius 2 is 1.90 bits per heavy atom. The zero-order valence-corrected chi connectivity index (χ0v) is 12.6. The van der Waals surface area contributed by atoms with E-state index >= 15 is 0 Å². The highest BCUT2D eigenvalue weighted by Crippen LogP contribution is 2.47. The summed E-state index contributed by atoms with van der Waals surface area (Å²) in [6.07, 6.45) is 5.17. The fourth-order valence-corrected chi connectivity index (χ4v) is 3.39. The quantitative estimate of drug-likeness (QED) is 0.868. The van der Waals surface area contributed by atoms with Gasteiger partial charge in [0, 0.05) is 12.0 Å². The van der Waals surface area contributed by atoms with E-state index in [-0.39, 0.29) is 5.41 Å². The number of methoxy groups -OCH3 is 1. The molecule has 0 heterocycles. The van der Waals surface area contributed by atoms with E-state index in [2.05, 4.69) is 6.92 Å². The van der Waals surface area contributed by atoms with E-state index in [1.807, 2.05) is 24.3 Å². The molecular weight excluding hydrogens is 250 g/mol. The molecule has 3 nitrogen and oxygen atoms in total. The van der Waals surface area contributed by atoms with Crippen LogP contribution in [0.25, 0.3) is 0 Å². The third-order valence-electron chi connectivity index (χ3n) is 5.10. The monoisotopic (exact) mass is 277 g/mol. The second-order valence-electron chi connectivity index (χ2n) is 6.09. The number of rotatable bonds is 5. The van der Waals surface area contributed by atoms with Gasteiger partial charge >= 0.3 is 0 Å². The molecule has 3 heteroatoms. The molecule has 1 fully saturated rings. The van der Waals surface area contributed by atoms with E-state index in [4.69, 9.17) is 10.5 Å². The summed E-state index contributed by atoms with van der Waals surface area (Å²) >= 11 is 0. The van der Waals surface area contributed by atoms with Crippen molar-refractivity contribution in [3.63, 3.8) is 0 Å². The predicted octanol–water partition coefficient (Wildman–Crippen LogP) is 3.27. The van der Waals surface area contributed by atoms with Crippen LogP contribution in [0.3, 0.4) is 0 Å². The minimum Gasteiger partial charge on any atom is -0.497 e. The normalized spacial score (nSPS) is 28.1. The summed E-state index contributed by atoms with van der Waals surface area (Å²) in [6, 6.07) is 7.71. The third-order valence-corrected chi connectivity index (χ3v) is 5.10. The van der Waals surface area contributed by atoms with Gasteiger partial charge in [-0.25, -0.2) is 0 Å². The molecule has 3 N–H and O–H groups in total. The number of aliphatic hydroxyl groups excluding tert-OH is 1. The molecule has 0 spiro atoms. The van der Waals surface area contributed by atoms with Crippen LogP contribution in [-0.2, 0) is 0 Å². The van der Waals surface area contributed by atoms with Crippen LogP contribution in [-0.4, -0.2) is 18.8 Å². The van der Waals surface area contributed by atoms with Crippen LogP contribution in [0, 0.1) is 11.3 Å². The van der Waals surface area contributed by atoms with Crippen molar-refractivity contribution in [1.82, 2.24) is 0 Å². The van der Waals surface area contributed by atoms with Gasteiger partial charge in [0.15, 0.2) is 0 Å².